The van der Waals surface area contributed by atoms with Crippen LogP contribution >= 0.6 is 0 Å². The van der Waals surface area contributed by atoms with E-state index in [4.69, 9.17) is 10.8 Å². The second-order valence-electron chi connectivity index (χ2n) is 7.45. The maximum atomic E-state index is 13.9. The molecular formula is C22H24FN3. The minimum absolute atomic E-state index is 0.238. The highest BCUT2D eigenvalue weighted by Gasteiger charge is 2.54. The fourth-order valence-corrected chi connectivity index (χ4v) is 4.64. The van der Waals surface area contributed by atoms with Crippen molar-refractivity contribution in [2.75, 3.05) is 6.54 Å². The van der Waals surface area contributed by atoms with Crippen molar-refractivity contribution in [1.29, 1.82) is 0 Å². The molecule has 2 N–H and O–H groups in total. The standard InChI is InChI=1S/C22H24FN3/c1-14(2)26-22(17(13-24)10-16-6-4-5-7-20(16)22)12-21(25-26)19-11-18(23)9-8-15(19)3/h4-9,11,17H,1,10,12-13,24H2,2-3H3. The molecule has 0 saturated carbocycles. The Morgan fingerprint density at radius 2 is 2.12 bits per heavy atom. The van der Waals surface area contributed by atoms with Gasteiger partial charge in [0.1, 0.15) is 5.82 Å². The van der Waals surface area contributed by atoms with Gasteiger partial charge in [-0.05, 0) is 55.6 Å². The van der Waals surface area contributed by atoms with Crippen molar-refractivity contribution in [3.05, 3.63) is 82.8 Å². The summed E-state index contributed by atoms with van der Waals surface area (Å²) >= 11 is 0. The van der Waals surface area contributed by atoms with Gasteiger partial charge in [-0.15, -0.1) is 0 Å². The Bertz CT molecular complexity index is 917. The molecule has 26 heavy (non-hydrogen) atoms. The number of benzene rings is 2. The molecule has 2 atom stereocenters. The Morgan fingerprint density at radius 3 is 2.85 bits per heavy atom. The van der Waals surface area contributed by atoms with Gasteiger partial charge in [0.2, 0.25) is 0 Å². The maximum Gasteiger partial charge on any atom is 0.123 e. The van der Waals surface area contributed by atoms with Gasteiger partial charge in [0.15, 0.2) is 0 Å². The van der Waals surface area contributed by atoms with Gasteiger partial charge >= 0.3 is 0 Å². The first-order valence-corrected chi connectivity index (χ1v) is 9.05. The molecule has 1 heterocycles. The number of rotatable bonds is 3. The second kappa shape index (κ2) is 6.06. The molecular weight excluding hydrogens is 325 g/mol. The number of fused-ring (bicyclic) bond motifs is 2. The first-order valence-electron chi connectivity index (χ1n) is 9.05. The van der Waals surface area contributed by atoms with E-state index in [1.54, 1.807) is 6.07 Å². The molecule has 0 fully saturated rings. The highest BCUT2D eigenvalue weighted by Crippen LogP contribution is 2.52. The Kier molecular flexibility index (Phi) is 3.96. The zero-order valence-corrected chi connectivity index (χ0v) is 15.3. The molecule has 0 aromatic heterocycles. The minimum atomic E-state index is -0.328. The zero-order valence-electron chi connectivity index (χ0n) is 15.3. The Labute approximate surface area is 154 Å². The molecule has 4 heteroatoms. The lowest BCUT2D eigenvalue weighted by atomic mass is 9.78. The lowest BCUT2D eigenvalue weighted by molar-refractivity contribution is 0.105. The molecule has 2 unspecified atom stereocenters. The molecule has 0 bridgehead atoms. The smallest absolute Gasteiger partial charge is 0.123 e. The minimum Gasteiger partial charge on any atom is -0.330 e. The molecule has 134 valence electrons. The fourth-order valence-electron chi connectivity index (χ4n) is 4.64. The third-order valence-corrected chi connectivity index (χ3v) is 5.82. The predicted octanol–water partition coefficient (Wildman–Crippen LogP) is 4.10. The molecule has 1 aliphatic heterocycles. The summed E-state index contributed by atoms with van der Waals surface area (Å²) < 4.78 is 13.9. The van der Waals surface area contributed by atoms with E-state index in [0.717, 1.165) is 29.0 Å². The number of hydrazone groups is 1. The van der Waals surface area contributed by atoms with Crippen LogP contribution in [0.25, 0.3) is 0 Å². The molecule has 2 aromatic carbocycles. The summed E-state index contributed by atoms with van der Waals surface area (Å²) in [6.45, 7) is 8.71. The molecule has 2 aromatic rings. The van der Waals surface area contributed by atoms with Crippen LogP contribution in [0.4, 0.5) is 4.39 Å². The summed E-state index contributed by atoms with van der Waals surface area (Å²) in [7, 11) is 0. The van der Waals surface area contributed by atoms with E-state index in [0.29, 0.717) is 13.0 Å². The zero-order chi connectivity index (χ0) is 18.5. The number of hydrogen-bond acceptors (Lipinski definition) is 3. The first-order chi connectivity index (χ1) is 12.5. The molecule has 3 nitrogen and oxygen atoms in total. The number of hydrogen-bond donors (Lipinski definition) is 1. The molecule has 1 aliphatic carbocycles. The van der Waals surface area contributed by atoms with E-state index in [-0.39, 0.29) is 17.3 Å². The van der Waals surface area contributed by atoms with Crippen LogP contribution in [0.5, 0.6) is 0 Å². The summed E-state index contributed by atoms with van der Waals surface area (Å²) in [5, 5.41) is 6.96. The van der Waals surface area contributed by atoms with Crippen LogP contribution in [0.1, 0.15) is 35.6 Å². The van der Waals surface area contributed by atoms with Crippen LogP contribution < -0.4 is 5.73 Å². The Hall–Kier alpha value is -2.46. The van der Waals surface area contributed by atoms with Crippen molar-refractivity contribution in [2.24, 2.45) is 16.8 Å². The van der Waals surface area contributed by atoms with Crippen LogP contribution in [0.3, 0.4) is 0 Å². The number of nitrogens with zero attached hydrogens (tertiary/aromatic N) is 2. The summed E-state index contributed by atoms with van der Waals surface area (Å²) in [4.78, 5) is 0. The average molecular weight is 349 g/mol. The van der Waals surface area contributed by atoms with Crippen LogP contribution in [0.2, 0.25) is 0 Å². The lowest BCUT2D eigenvalue weighted by Crippen LogP contribution is -2.45. The number of halogens is 1. The van der Waals surface area contributed by atoms with E-state index in [1.807, 2.05) is 24.9 Å². The van der Waals surface area contributed by atoms with Crippen molar-refractivity contribution >= 4 is 5.71 Å². The van der Waals surface area contributed by atoms with Crippen molar-refractivity contribution in [2.45, 2.75) is 32.2 Å². The number of allylic oxidation sites excluding steroid dienone is 1. The first kappa shape index (κ1) is 17.0. The van der Waals surface area contributed by atoms with Gasteiger partial charge in [-0.3, -0.25) is 5.01 Å². The summed E-state index contributed by atoms with van der Waals surface area (Å²) in [5.74, 6) is 0.00466. The lowest BCUT2D eigenvalue weighted by Gasteiger charge is -2.40. The second-order valence-corrected chi connectivity index (χ2v) is 7.45. The molecule has 1 spiro atoms. The van der Waals surface area contributed by atoms with E-state index < -0.39 is 0 Å². The van der Waals surface area contributed by atoms with E-state index in [2.05, 4.69) is 30.8 Å². The van der Waals surface area contributed by atoms with Gasteiger partial charge in [0, 0.05) is 23.6 Å². The SMILES string of the molecule is C=C(C)N1N=C(c2cc(F)ccc2C)CC12c1ccccc1CC2CN. The Morgan fingerprint density at radius 1 is 1.35 bits per heavy atom. The van der Waals surface area contributed by atoms with Gasteiger partial charge in [-0.25, -0.2) is 4.39 Å². The molecule has 0 amide bonds. The average Bonchev–Trinajstić information content (AvgIpc) is 3.17. The monoisotopic (exact) mass is 349 g/mol. The summed E-state index contributed by atoms with van der Waals surface area (Å²) in [6.07, 6.45) is 1.64. The van der Waals surface area contributed by atoms with Crippen molar-refractivity contribution < 1.29 is 4.39 Å². The number of nitrogens with two attached hydrogens (primary N) is 1. The summed E-state index contributed by atoms with van der Waals surface area (Å²) in [6, 6.07) is 13.4. The Balaban J connectivity index is 1.88. The van der Waals surface area contributed by atoms with Gasteiger partial charge in [-0.2, -0.15) is 5.10 Å². The highest BCUT2D eigenvalue weighted by atomic mass is 19.1. The maximum absolute atomic E-state index is 13.9. The van der Waals surface area contributed by atoms with E-state index in [1.165, 1.54) is 17.2 Å². The molecule has 2 aliphatic rings. The molecule has 4 rings (SSSR count). The largest absolute Gasteiger partial charge is 0.330 e. The van der Waals surface area contributed by atoms with E-state index in [9.17, 15) is 4.39 Å². The van der Waals surface area contributed by atoms with Gasteiger partial charge in [-0.1, -0.05) is 36.9 Å². The normalized spacial score (nSPS) is 24.1. The van der Waals surface area contributed by atoms with Gasteiger partial charge in [0.05, 0.1) is 11.3 Å². The van der Waals surface area contributed by atoms with Crippen molar-refractivity contribution in [3.8, 4) is 0 Å². The van der Waals surface area contributed by atoms with Gasteiger partial charge < -0.3 is 5.73 Å². The van der Waals surface area contributed by atoms with E-state index >= 15 is 0 Å². The third-order valence-electron chi connectivity index (χ3n) is 5.82. The van der Waals surface area contributed by atoms with Crippen molar-refractivity contribution in [1.82, 2.24) is 5.01 Å². The number of aryl methyl sites for hydroxylation is 1. The van der Waals surface area contributed by atoms with Gasteiger partial charge in [0.25, 0.3) is 0 Å². The van der Waals surface area contributed by atoms with Crippen LogP contribution in [-0.4, -0.2) is 17.3 Å². The quantitative estimate of drug-likeness (QED) is 0.906. The molecule has 0 radical (unpaired) electrons. The third kappa shape index (κ3) is 2.32. The highest BCUT2D eigenvalue weighted by molar-refractivity contribution is 6.03. The fraction of sp³-hybridized carbons (Fsp3) is 0.318. The topological polar surface area (TPSA) is 41.6 Å². The van der Waals surface area contributed by atoms with Crippen LogP contribution in [-0.2, 0) is 12.0 Å². The van der Waals surface area contributed by atoms with Crippen molar-refractivity contribution in [3.63, 3.8) is 0 Å². The predicted molar refractivity (Wildman–Crippen MR) is 103 cm³/mol. The molecule has 0 saturated heterocycles. The van der Waals surface area contributed by atoms with Crippen LogP contribution in [0.15, 0.2) is 59.8 Å². The summed E-state index contributed by atoms with van der Waals surface area (Å²) in [5.41, 5.74) is 12.1. The van der Waals surface area contributed by atoms with Crippen LogP contribution in [0, 0.1) is 18.7 Å².